The smallest absolute Gasteiger partial charge is 0.191 e. The first-order valence-corrected chi connectivity index (χ1v) is 8.67. The van der Waals surface area contributed by atoms with Crippen molar-refractivity contribution in [1.29, 1.82) is 0 Å². The van der Waals surface area contributed by atoms with Gasteiger partial charge in [0.1, 0.15) is 5.75 Å². The predicted molar refractivity (Wildman–Crippen MR) is 98.3 cm³/mol. The Morgan fingerprint density at radius 3 is 2.39 bits per heavy atom. The van der Waals surface area contributed by atoms with E-state index in [4.69, 9.17) is 0 Å². The number of aromatic hydroxyl groups is 1. The molecule has 2 aromatic rings. The molecule has 0 spiro atoms. The lowest BCUT2D eigenvalue weighted by Crippen LogP contribution is -2.36. The third kappa shape index (κ3) is 4.99. The Balaban J connectivity index is 2.03. The molecule has 0 bridgehead atoms. The van der Waals surface area contributed by atoms with Crippen LogP contribution in [-0.4, -0.2) is 17.6 Å². The van der Waals surface area contributed by atoms with Gasteiger partial charge in [-0.2, -0.15) is 0 Å². The highest BCUT2D eigenvalue weighted by Gasteiger charge is 2.04. The van der Waals surface area contributed by atoms with Gasteiger partial charge in [-0.05, 0) is 56.5 Å². The number of hydrogen-bond donors (Lipinski definition) is 3. The fourth-order valence-corrected chi connectivity index (χ4v) is 3.23. The molecule has 0 aliphatic rings. The van der Waals surface area contributed by atoms with E-state index >= 15 is 0 Å². The number of nitrogens with zero attached hydrogens (tertiary/aromatic N) is 1. The minimum Gasteiger partial charge on any atom is -0.507 e. The van der Waals surface area contributed by atoms with E-state index in [1.165, 1.54) is 9.75 Å². The van der Waals surface area contributed by atoms with E-state index in [-0.39, 0.29) is 0 Å². The van der Waals surface area contributed by atoms with Crippen LogP contribution in [0.5, 0.6) is 5.75 Å². The number of aryl methyl sites for hydroxylation is 3. The molecule has 0 unspecified atom stereocenters. The molecule has 1 heterocycles. The molecule has 1 aromatic carbocycles. The zero-order valence-corrected chi connectivity index (χ0v) is 15.0. The Kier molecular flexibility index (Phi) is 6.04. The predicted octanol–water partition coefficient (Wildman–Crippen LogP) is 3.63. The lowest BCUT2D eigenvalue weighted by molar-refractivity contribution is 0.466. The summed E-state index contributed by atoms with van der Waals surface area (Å²) in [5.74, 6) is 1.18. The topological polar surface area (TPSA) is 56.7 Å². The highest BCUT2D eigenvalue weighted by atomic mass is 32.1. The van der Waals surface area contributed by atoms with Crippen molar-refractivity contribution < 1.29 is 5.11 Å². The zero-order chi connectivity index (χ0) is 16.8. The molecular formula is C18H25N3OS. The number of nitrogens with one attached hydrogen (secondary N) is 2. The number of benzene rings is 1. The van der Waals surface area contributed by atoms with E-state index in [1.807, 2.05) is 26.0 Å². The van der Waals surface area contributed by atoms with Gasteiger partial charge >= 0.3 is 0 Å². The highest BCUT2D eigenvalue weighted by Crippen LogP contribution is 2.23. The van der Waals surface area contributed by atoms with E-state index < -0.39 is 0 Å². The van der Waals surface area contributed by atoms with Crippen LogP contribution in [0.2, 0.25) is 0 Å². The van der Waals surface area contributed by atoms with Crippen LogP contribution in [0.15, 0.2) is 29.3 Å². The van der Waals surface area contributed by atoms with Gasteiger partial charge < -0.3 is 15.7 Å². The highest BCUT2D eigenvalue weighted by molar-refractivity contribution is 7.11. The van der Waals surface area contributed by atoms with Crippen molar-refractivity contribution in [3.63, 3.8) is 0 Å². The monoisotopic (exact) mass is 331 g/mol. The molecule has 0 aliphatic heterocycles. The second kappa shape index (κ2) is 8.02. The second-order valence-electron chi connectivity index (χ2n) is 5.64. The van der Waals surface area contributed by atoms with E-state index in [0.717, 1.165) is 35.7 Å². The second-order valence-corrected chi connectivity index (χ2v) is 7.01. The van der Waals surface area contributed by atoms with Gasteiger partial charge in [-0.25, -0.2) is 4.99 Å². The van der Waals surface area contributed by atoms with Crippen molar-refractivity contribution in [3.05, 3.63) is 50.7 Å². The molecule has 0 aliphatic carbocycles. The average Bonchev–Trinajstić information content (AvgIpc) is 2.93. The zero-order valence-electron chi connectivity index (χ0n) is 14.2. The number of rotatable bonds is 5. The Morgan fingerprint density at radius 2 is 1.83 bits per heavy atom. The molecular weight excluding hydrogens is 306 g/mol. The van der Waals surface area contributed by atoms with Gasteiger partial charge in [0.2, 0.25) is 0 Å². The number of phenols is 1. The summed E-state index contributed by atoms with van der Waals surface area (Å²) in [6.45, 7) is 10.2. The summed E-state index contributed by atoms with van der Waals surface area (Å²) >= 11 is 1.79. The van der Waals surface area contributed by atoms with E-state index in [2.05, 4.69) is 41.6 Å². The summed E-state index contributed by atoms with van der Waals surface area (Å²) in [5, 5.41) is 16.5. The first-order valence-electron chi connectivity index (χ1n) is 7.86. The SMILES string of the molecule is CCNC(=NCc1cc(C)c(O)c(C)c1)NCc1ccc(C)s1. The molecule has 2 rings (SSSR count). The van der Waals surface area contributed by atoms with Crippen LogP contribution in [0.25, 0.3) is 0 Å². The maximum absolute atomic E-state index is 9.85. The molecule has 4 nitrogen and oxygen atoms in total. The van der Waals surface area contributed by atoms with Crippen molar-refractivity contribution >= 4 is 17.3 Å². The van der Waals surface area contributed by atoms with Crippen molar-refractivity contribution in [3.8, 4) is 5.75 Å². The van der Waals surface area contributed by atoms with E-state index in [0.29, 0.717) is 12.3 Å². The molecule has 0 fully saturated rings. The number of aliphatic imine (C=N–C) groups is 1. The first-order chi connectivity index (χ1) is 11.0. The van der Waals surface area contributed by atoms with Crippen molar-refractivity contribution in [1.82, 2.24) is 10.6 Å². The summed E-state index contributed by atoms with van der Waals surface area (Å²) in [4.78, 5) is 7.25. The Labute approximate surface area is 142 Å². The van der Waals surface area contributed by atoms with Crippen molar-refractivity contribution in [2.45, 2.75) is 40.8 Å². The van der Waals surface area contributed by atoms with E-state index in [1.54, 1.807) is 11.3 Å². The summed E-state index contributed by atoms with van der Waals surface area (Å²) in [6, 6.07) is 8.24. The van der Waals surface area contributed by atoms with Crippen LogP contribution in [0.3, 0.4) is 0 Å². The van der Waals surface area contributed by atoms with Gasteiger partial charge in [0.15, 0.2) is 5.96 Å². The largest absolute Gasteiger partial charge is 0.507 e. The Morgan fingerprint density at radius 1 is 1.13 bits per heavy atom. The van der Waals surface area contributed by atoms with Crippen LogP contribution in [0.1, 0.15) is 33.4 Å². The molecule has 3 N–H and O–H groups in total. The van der Waals surface area contributed by atoms with Gasteiger partial charge in [0, 0.05) is 16.3 Å². The van der Waals surface area contributed by atoms with Gasteiger partial charge in [-0.1, -0.05) is 12.1 Å². The fraction of sp³-hybridized carbons (Fsp3) is 0.389. The van der Waals surface area contributed by atoms with E-state index in [9.17, 15) is 5.11 Å². The number of thiophene rings is 1. The lowest BCUT2D eigenvalue weighted by Gasteiger charge is -2.11. The minimum absolute atomic E-state index is 0.371. The van der Waals surface area contributed by atoms with Crippen LogP contribution in [-0.2, 0) is 13.1 Å². The first kappa shape index (κ1) is 17.3. The molecule has 0 amide bonds. The summed E-state index contributed by atoms with van der Waals surface area (Å²) < 4.78 is 0. The quantitative estimate of drug-likeness (QED) is 0.579. The molecule has 23 heavy (non-hydrogen) atoms. The van der Waals surface area contributed by atoms with Crippen LogP contribution < -0.4 is 10.6 Å². The lowest BCUT2D eigenvalue weighted by atomic mass is 10.1. The maximum atomic E-state index is 9.85. The number of guanidine groups is 1. The van der Waals surface area contributed by atoms with Gasteiger partial charge in [0.25, 0.3) is 0 Å². The van der Waals surface area contributed by atoms with Gasteiger partial charge in [0.05, 0.1) is 13.1 Å². The molecule has 124 valence electrons. The van der Waals surface area contributed by atoms with Crippen LogP contribution in [0.4, 0.5) is 0 Å². The van der Waals surface area contributed by atoms with Gasteiger partial charge in [-0.15, -0.1) is 11.3 Å². The summed E-state index contributed by atoms with van der Waals surface area (Å²) in [6.07, 6.45) is 0. The number of hydrogen-bond acceptors (Lipinski definition) is 3. The minimum atomic E-state index is 0.371. The maximum Gasteiger partial charge on any atom is 0.191 e. The average molecular weight is 331 g/mol. The van der Waals surface area contributed by atoms with Crippen LogP contribution >= 0.6 is 11.3 Å². The summed E-state index contributed by atoms with van der Waals surface area (Å²) in [5.41, 5.74) is 2.88. The van der Waals surface area contributed by atoms with Crippen molar-refractivity contribution in [2.24, 2.45) is 4.99 Å². The summed E-state index contributed by atoms with van der Waals surface area (Å²) in [7, 11) is 0. The molecule has 0 saturated carbocycles. The standard InChI is InChI=1S/C18H25N3OS/c1-5-19-18(21-11-16-7-6-14(4)23-16)20-10-15-8-12(2)17(22)13(3)9-15/h6-9,22H,5,10-11H2,1-4H3,(H2,19,20,21). The fourth-order valence-electron chi connectivity index (χ4n) is 2.40. The molecule has 0 atom stereocenters. The molecule has 0 radical (unpaired) electrons. The third-order valence-electron chi connectivity index (χ3n) is 3.54. The molecule has 5 heteroatoms. The van der Waals surface area contributed by atoms with Gasteiger partial charge in [-0.3, -0.25) is 0 Å². The molecule has 0 saturated heterocycles. The molecule has 1 aromatic heterocycles. The Hall–Kier alpha value is -2.01. The third-order valence-corrected chi connectivity index (χ3v) is 4.54. The number of phenolic OH excluding ortho intramolecular Hbond substituents is 1. The van der Waals surface area contributed by atoms with Crippen LogP contribution in [0, 0.1) is 20.8 Å². The Bertz CT molecular complexity index is 668. The normalized spacial score (nSPS) is 11.6. The van der Waals surface area contributed by atoms with Crippen molar-refractivity contribution in [2.75, 3.05) is 6.54 Å².